The fourth-order valence-electron chi connectivity index (χ4n) is 3.38. The highest BCUT2D eigenvalue weighted by molar-refractivity contribution is 7.99. The molecule has 0 spiro atoms. The van der Waals surface area contributed by atoms with Gasteiger partial charge in [-0.2, -0.15) is 11.8 Å². The van der Waals surface area contributed by atoms with Crippen molar-refractivity contribution in [2.45, 2.75) is 43.9 Å². The van der Waals surface area contributed by atoms with Crippen molar-refractivity contribution in [3.05, 3.63) is 26.6 Å². The van der Waals surface area contributed by atoms with Crippen LogP contribution in [0.4, 0.5) is 0 Å². The van der Waals surface area contributed by atoms with Gasteiger partial charge in [-0.1, -0.05) is 0 Å². The number of hydrogen-bond acceptors (Lipinski definition) is 8. The lowest BCUT2D eigenvalue weighted by atomic mass is 9.97. The van der Waals surface area contributed by atoms with Crippen LogP contribution in [-0.2, 0) is 32.9 Å². The van der Waals surface area contributed by atoms with E-state index < -0.39 is 12.0 Å². The number of thioether (sulfide) groups is 2. The molecule has 2 aromatic heterocycles. The third-order valence-electron chi connectivity index (χ3n) is 4.78. The van der Waals surface area contributed by atoms with Crippen LogP contribution in [0.5, 0.6) is 0 Å². The lowest BCUT2D eigenvalue weighted by Gasteiger charge is -2.15. The molecule has 0 aliphatic heterocycles. The molecule has 29 heavy (non-hydrogen) atoms. The molecule has 1 atom stereocenters. The molecule has 0 bridgehead atoms. The van der Waals surface area contributed by atoms with Crippen molar-refractivity contribution in [3.8, 4) is 0 Å². The van der Waals surface area contributed by atoms with Crippen LogP contribution in [0.25, 0.3) is 10.2 Å². The summed E-state index contributed by atoms with van der Waals surface area (Å²) >= 11 is 4.58. The number of aromatic nitrogens is 2. The minimum Gasteiger partial charge on any atom is -0.467 e. The van der Waals surface area contributed by atoms with Gasteiger partial charge in [-0.25, -0.2) is 9.78 Å². The zero-order valence-corrected chi connectivity index (χ0v) is 19.0. The molecule has 0 fully saturated rings. The largest absolute Gasteiger partial charge is 0.467 e. The van der Waals surface area contributed by atoms with Gasteiger partial charge in [0.15, 0.2) is 0 Å². The van der Waals surface area contributed by atoms with Crippen LogP contribution < -0.4 is 10.9 Å². The first-order valence-electron chi connectivity index (χ1n) is 9.50. The Morgan fingerprint density at radius 1 is 1.34 bits per heavy atom. The SMILES string of the molecule is COC(=O)[C@@H](CCSC)NC(=O)CSCc1nc2sc3c(c2c(=O)[nH]1)CCCC3. The number of methoxy groups -OCH3 is 1. The molecule has 158 valence electrons. The van der Waals surface area contributed by atoms with E-state index in [2.05, 4.69) is 15.3 Å². The molecule has 1 amide bonds. The molecule has 3 rings (SSSR count). The number of hydrogen-bond donors (Lipinski definition) is 2. The van der Waals surface area contributed by atoms with Gasteiger partial charge in [-0.3, -0.25) is 9.59 Å². The van der Waals surface area contributed by atoms with Gasteiger partial charge < -0.3 is 15.0 Å². The van der Waals surface area contributed by atoms with Gasteiger partial charge in [0.1, 0.15) is 16.7 Å². The van der Waals surface area contributed by atoms with Crippen molar-refractivity contribution in [2.24, 2.45) is 0 Å². The molecule has 0 aromatic carbocycles. The quantitative estimate of drug-likeness (QED) is 0.560. The summed E-state index contributed by atoms with van der Waals surface area (Å²) in [7, 11) is 1.32. The fourth-order valence-corrected chi connectivity index (χ4v) is 5.83. The van der Waals surface area contributed by atoms with Gasteiger partial charge in [0.05, 0.1) is 24.0 Å². The molecule has 0 saturated carbocycles. The molecule has 1 aliphatic rings. The maximum atomic E-state index is 12.6. The maximum Gasteiger partial charge on any atom is 0.328 e. The number of H-pyrrole nitrogens is 1. The number of aromatic amines is 1. The van der Waals surface area contributed by atoms with E-state index in [0.29, 0.717) is 18.0 Å². The van der Waals surface area contributed by atoms with Crippen molar-refractivity contribution in [3.63, 3.8) is 0 Å². The predicted molar refractivity (Wildman–Crippen MR) is 120 cm³/mol. The first kappa shape index (κ1) is 22.2. The second-order valence-electron chi connectivity index (χ2n) is 6.82. The number of nitrogens with zero attached hydrogens (tertiary/aromatic N) is 1. The van der Waals surface area contributed by atoms with Crippen LogP contribution in [0.3, 0.4) is 0 Å². The van der Waals surface area contributed by atoms with Crippen LogP contribution >= 0.6 is 34.9 Å². The molecule has 0 unspecified atom stereocenters. The molecule has 10 heteroatoms. The Morgan fingerprint density at radius 3 is 2.90 bits per heavy atom. The second kappa shape index (κ2) is 10.5. The maximum absolute atomic E-state index is 12.6. The van der Waals surface area contributed by atoms with Crippen molar-refractivity contribution in [2.75, 3.05) is 24.9 Å². The summed E-state index contributed by atoms with van der Waals surface area (Å²) < 4.78 is 4.75. The Kier molecular flexibility index (Phi) is 8.02. The van der Waals surface area contributed by atoms with E-state index in [1.54, 1.807) is 23.1 Å². The molecule has 2 N–H and O–H groups in total. The van der Waals surface area contributed by atoms with Gasteiger partial charge in [-0.15, -0.1) is 23.1 Å². The zero-order chi connectivity index (χ0) is 20.8. The molecule has 2 aromatic rings. The number of aryl methyl sites for hydroxylation is 2. The summed E-state index contributed by atoms with van der Waals surface area (Å²) in [5.41, 5.74) is 1.08. The van der Waals surface area contributed by atoms with Gasteiger partial charge >= 0.3 is 5.97 Å². The number of carbonyl (C=O) groups is 2. The number of esters is 1. The minimum atomic E-state index is -0.632. The summed E-state index contributed by atoms with van der Waals surface area (Å²) in [6, 6.07) is -0.632. The number of amides is 1. The number of nitrogens with one attached hydrogen (secondary N) is 2. The Labute approximate surface area is 181 Å². The van der Waals surface area contributed by atoms with Gasteiger partial charge in [0.25, 0.3) is 5.56 Å². The Bertz CT molecular complexity index is 941. The minimum absolute atomic E-state index is 0.0859. The second-order valence-corrected chi connectivity index (χ2v) is 9.88. The molecule has 0 radical (unpaired) electrons. The average Bonchev–Trinajstić information content (AvgIpc) is 3.09. The molecular weight excluding hydrogens is 430 g/mol. The van der Waals surface area contributed by atoms with E-state index >= 15 is 0 Å². The van der Waals surface area contributed by atoms with Crippen molar-refractivity contribution in [1.82, 2.24) is 15.3 Å². The Balaban J connectivity index is 1.58. The van der Waals surface area contributed by atoms with Crippen molar-refractivity contribution in [1.29, 1.82) is 0 Å². The van der Waals surface area contributed by atoms with Gasteiger partial charge in [0, 0.05) is 4.88 Å². The summed E-state index contributed by atoms with van der Waals surface area (Å²) in [6.45, 7) is 0. The number of carbonyl (C=O) groups excluding carboxylic acids is 2. The highest BCUT2D eigenvalue weighted by atomic mass is 32.2. The fraction of sp³-hybridized carbons (Fsp3) is 0.579. The van der Waals surface area contributed by atoms with E-state index in [9.17, 15) is 14.4 Å². The monoisotopic (exact) mass is 455 g/mol. The van der Waals surface area contributed by atoms with Crippen LogP contribution in [0.15, 0.2) is 4.79 Å². The van der Waals surface area contributed by atoms with E-state index in [-0.39, 0.29) is 17.2 Å². The van der Waals surface area contributed by atoms with E-state index in [1.807, 2.05) is 6.26 Å². The normalized spacial score (nSPS) is 14.4. The lowest BCUT2D eigenvalue weighted by molar-refractivity contribution is -0.144. The number of rotatable bonds is 9. The van der Waals surface area contributed by atoms with E-state index in [1.165, 1.54) is 35.7 Å². The summed E-state index contributed by atoms with van der Waals surface area (Å²) in [5, 5.41) is 3.47. The third kappa shape index (κ3) is 5.55. The highest BCUT2D eigenvalue weighted by Crippen LogP contribution is 2.33. The standard InChI is InChI=1S/C19H25N3O4S3/c1-26-19(25)12(7-8-27-2)20-15(23)10-28-9-14-21-17(24)16-11-5-3-4-6-13(11)29-18(16)22-14/h12H,3-10H2,1-2H3,(H,20,23)(H,21,22,24)/t12-/m1/s1. The lowest BCUT2D eigenvalue weighted by Crippen LogP contribution is -2.42. The van der Waals surface area contributed by atoms with Crippen LogP contribution in [0.2, 0.25) is 0 Å². The summed E-state index contributed by atoms with van der Waals surface area (Å²) in [5.74, 6) is 1.26. The zero-order valence-electron chi connectivity index (χ0n) is 16.5. The molecule has 2 heterocycles. The number of thiophene rings is 1. The van der Waals surface area contributed by atoms with Crippen LogP contribution in [-0.4, -0.2) is 52.8 Å². The first-order valence-corrected chi connectivity index (χ1v) is 12.9. The van der Waals surface area contributed by atoms with Crippen molar-refractivity contribution < 1.29 is 14.3 Å². The van der Waals surface area contributed by atoms with Gasteiger partial charge in [0.2, 0.25) is 5.91 Å². The molecule has 1 aliphatic carbocycles. The molecule has 7 nitrogen and oxygen atoms in total. The topological polar surface area (TPSA) is 101 Å². The average molecular weight is 456 g/mol. The van der Waals surface area contributed by atoms with Crippen LogP contribution in [0, 0.1) is 0 Å². The Morgan fingerprint density at radius 2 is 2.14 bits per heavy atom. The number of fused-ring (bicyclic) bond motifs is 3. The first-order chi connectivity index (χ1) is 14.0. The smallest absolute Gasteiger partial charge is 0.328 e. The summed E-state index contributed by atoms with van der Waals surface area (Å²) in [4.78, 5) is 46.1. The summed E-state index contributed by atoms with van der Waals surface area (Å²) in [6.07, 6.45) is 6.73. The number of ether oxygens (including phenoxy) is 1. The van der Waals surface area contributed by atoms with Crippen LogP contribution in [0.1, 0.15) is 35.5 Å². The predicted octanol–water partition coefficient (Wildman–Crippen LogP) is 2.51. The van der Waals surface area contributed by atoms with E-state index in [4.69, 9.17) is 4.74 Å². The van der Waals surface area contributed by atoms with E-state index in [0.717, 1.165) is 35.2 Å². The van der Waals surface area contributed by atoms with Gasteiger partial charge in [-0.05, 0) is 49.7 Å². The van der Waals surface area contributed by atoms with Crippen molar-refractivity contribution >= 4 is 57.0 Å². The Hall–Kier alpha value is -1.52. The highest BCUT2D eigenvalue weighted by Gasteiger charge is 2.22. The third-order valence-corrected chi connectivity index (χ3v) is 7.55. The molecule has 0 saturated heterocycles. The molecular formula is C19H25N3O4S3.